The highest BCUT2D eigenvalue weighted by molar-refractivity contribution is 7.99. The minimum atomic E-state index is -0.494. The van der Waals surface area contributed by atoms with Gasteiger partial charge in [-0.1, -0.05) is 11.8 Å². The van der Waals surface area contributed by atoms with E-state index in [1.54, 1.807) is 0 Å². The summed E-state index contributed by atoms with van der Waals surface area (Å²) in [5.74, 6) is 0.845. The Balaban J connectivity index is 1.52. The van der Waals surface area contributed by atoms with Gasteiger partial charge in [0.05, 0.1) is 25.0 Å². The van der Waals surface area contributed by atoms with Crippen molar-refractivity contribution in [3.63, 3.8) is 0 Å². The van der Waals surface area contributed by atoms with Crippen LogP contribution >= 0.6 is 11.8 Å². The predicted octanol–water partition coefficient (Wildman–Crippen LogP) is 2.60. The van der Waals surface area contributed by atoms with Crippen LogP contribution in [-0.2, 0) is 16.0 Å². The Kier molecular flexibility index (Phi) is 6.04. The summed E-state index contributed by atoms with van der Waals surface area (Å²) < 4.78 is 17.4. The monoisotopic (exact) mass is 455 g/mol. The Labute approximate surface area is 187 Å². The lowest BCUT2D eigenvalue weighted by molar-refractivity contribution is -0.139. The van der Waals surface area contributed by atoms with Gasteiger partial charge in [-0.3, -0.25) is 14.4 Å². The van der Waals surface area contributed by atoms with E-state index in [1.165, 1.54) is 13.2 Å². The lowest BCUT2D eigenvalue weighted by Crippen LogP contribution is -2.14. The highest BCUT2D eigenvalue weighted by atomic mass is 32.2. The Morgan fingerprint density at radius 3 is 2.75 bits per heavy atom. The number of benzene rings is 1. The molecule has 1 N–H and O–H groups in total. The molecule has 166 valence electrons. The number of ether oxygens (including phenoxy) is 3. The molecule has 9 nitrogen and oxygen atoms in total. The Morgan fingerprint density at radius 2 is 1.97 bits per heavy atom. The maximum absolute atomic E-state index is 12.9. The number of thioether (sulfide) groups is 1. The molecule has 2 aromatic heterocycles. The summed E-state index contributed by atoms with van der Waals surface area (Å²) in [6, 6.07) is 8.72. The molecule has 1 aliphatic rings. The molecule has 0 saturated carbocycles. The fourth-order valence-corrected chi connectivity index (χ4v) is 4.32. The molecule has 3 heterocycles. The largest absolute Gasteiger partial charge is 0.469 e. The lowest BCUT2D eigenvalue weighted by Gasteiger charge is -2.10. The van der Waals surface area contributed by atoms with Crippen molar-refractivity contribution in [3.05, 3.63) is 63.3 Å². The van der Waals surface area contributed by atoms with Gasteiger partial charge in [0.2, 0.25) is 6.79 Å². The van der Waals surface area contributed by atoms with E-state index in [-0.39, 0.29) is 35.6 Å². The van der Waals surface area contributed by atoms with Gasteiger partial charge >= 0.3 is 5.97 Å². The van der Waals surface area contributed by atoms with E-state index in [0.717, 1.165) is 28.8 Å². The molecule has 0 spiro atoms. The van der Waals surface area contributed by atoms with E-state index in [9.17, 15) is 14.4 Å². The van der Waals surface area contributed by atoms with Crippen molar-refractivity contribution >= 4 is 23.5 Å². The number of hydrogen-bond donors (Lipinski definition) is 1. The summed E-state index contributed by atoms with van der Waals surface area (Å²) in [7, 11) is 1.27. The van der Waals surface area contributed by atoms with Crippen LogP contribution in [0.5, 0.6) is 11.5 Å². The number of aromatic amines is 1. The zero-order valence-electron chi connectivity index (χ0n) is 17.8. The third-order valence-corrected chi connectivity index (χ3v) is 5.89. The van der Waals surface area contributed by atoms with Crippen LogP contribution in [0.2, 0.25) is 0 Å². The number of hydrogen-bond acceptors (Lipinski definition) is 8. The van der Waals surface area contributed by atoms with Crippen molar-refractivity contribution in [1.82, 2.24) is 14.5 Å². The summed E-state index contributed by atoms with van der Waals surface area (Å²) in [5, 5.41) is 0.273. The molecule has 0 amide bonds. The SMILES string of the molecule is COC(=O)Cc1cc(=O)[nH]c(SCC(=O)c2cc(C)n(-c3ccc4c(c3)OCO4)c2C)n1. The molecule has 0 aliphatic carbocycles. The summed E-state index contributed by atoms with van der Waals surface area (Å²) in [6.07, 6.45) is -0.112. The van der Waals surface area contributed by atoms with Crippen molar-refractivity contribution in [2.75, 3.05) is 19.7 Å². The van der Waals surface area contributed by atoms with Crippen molar-refractivity contribution in [2.24, 2.45) is 0 Å². The fourth-order valence-electron chi connectivity index (χ4n) is 3.54. The topological polar surface area (TPSA) is 113 Å². The Bertz CT molecular complexity index is 1260. The normalized spacial score (nSPS) is 12.1. The van der Waals surface area contributed by atoms with Crippen LogP contribution in [0.1, 0.15) is 27.4 Å². The second kappa shape index (κ2) is 8.91. The highest BCUT2D eigenvalue weighted by Gasteiger charge is 2.20. The van der Waals surface area contributed by atoms with E-state index < -0.39 is 11.5 Å². The molecular formula is C22H21N3O6S. The third-order valence-electron chi connectivity index (χ3n) is 5.01. The molecule has 0 radical (unpaired) electrons. The number of ketones is 1. The van der Waals surface area contributed by atoms with Crippen LogP contribution in [0, 0.1) is 13.8 Å². The molecule has 0 atom stereocenters. The standard InChI is InChI=1S/C22H21N3O6S/c1-12-6-16(13(2)25(12)15-4-5-18-19(9-15)31-11-30-18)17(26)10-32-22-23-14(7-20(27)24-22)8-21(28)29-3/h4-7,9H,8,10-11H2,1-3H3,(H,23,24,27). The zero-order chi connectivity index (χ0) is 22.8. The molecule has 1 aromatic carbocycles. The highest BCUT2D eigenvalue weighted by Crippen LogP contribution is 2.35. The van der Waals surface area contributed by atoms with Gasteiger partial charge < -0.3 is 23.8 Å². The van der Waals surface area contributed by atoms with Gasteiger partial charge in [-0.05, 0) is 32.0 Å². The number of carbonyl (C=O) groups excluding carboxylic acids is 2. The van der Waals surface area contributed by atoms with E-state index >= 15 is 0 Å². The summed E-state index contributed by atoms with van der Waals surface area (Å²) >= 11 is 1.11. The van der Waals surface area contributed by atoms with E-state index in [4.69, 9.17) is 9.47 Å². The Morgan fingerprint density at radius 1 is 1.19 bits per heavy atom. The number of H-pyrrole nitrogens is 1. The van der Waals surface area contributed by atoms with Gasteiger partial charge in [0.15, 0.2) is 22.4 Å². The number of nitrogens with zero attached hydrogens (tertiary/aromatic N) is 2. The van der Waals surface area contributed by atoms with Crippen molar-refractivity contribution < 1.29 is 23.8 Å². The molecule has 1 aliphatic heterocycles. The van der Waals surface area contributed by atoms with E-state index in [2.05, 4.69) is 14.7 Å². The summed E-state index contributed by atoms with van der Waals surface area (Å²) in [4.78, 5) is 43.1. The van der Waals surface area contributed by atoms with Gasteiger partial charge in [-0.15, -0.1) is 0 Å². The number of aromatic nitrogens is 3. The average Bonchev–Trinajstić information content (AvgIpc) is 3.34. The maximum atomic E-state index is 12.9. The van der Waals surface area contributed by atoms with Crippen LogP contribution < -0.4 is 15.0 Å². The first kappa shape index (κ1) is 21.7. The fraction of sp³-hybridized carbons (Fsp3) is 0.273. The first-order valence-corrected chi connectivity index (χ1v) is 10.8. The quantitative estimate of drug-likeness (QED) is 0.250. The summed E-state index contributed by atoms with van der Waals surface area (Å²) in [5.41, 5.74) is 3.05. The molecule has 32 heavy (non-hydrogen) atoms. The number of Topliss-reactive ketones (excluding diaryl/α,β-unsaturated/α-hetero) is 1. The van der Waals surface area contributed by atoms with Crippen molar-refractivity contribution in [2.45, 2.75) is 25.4 Å². The molecule has 0 saturated heterocycles. The second-order valence-corrected chi connectivity index (χ2v) is 8.13. The van der Waals surface area contributed by atoms with Gasteiger partial charge in [0.25, 0.3) is 5.56 Å². The minimum Gasteiger partial charge on any atom is -0.469 e. The van der Waals surface area contributed by atoms with Crippen LogP contribution in [0.4, 0.5) is 0 Å². The number of fused-ring (bicyclic) bond motifs is 1. The van der Waals surface area contributed by atoms with Gasteiger partial charge in [0, 0.05) is 34.8 Å². The van der Waals surface area contributed by atoms with Gasteiger partial charge in [-0.25, -0.2) is 4.98 Å². The van der Waals surface area contributed by atoms with Crippen LogP contribution in [0.15, 0.2) is 40.3 Å². The molecular weight excluding hydrogens is 434 g/mol. The smallest absolute Gasteiger partial charge is 0.311 e. The number of rotatable bonds is 7. The first-order valence-electron chi connectivity index (χ1n) is 9.77. The zero-order valence-corrected chi connectivity index (χ0v) is 18.6. The van der Waals surface area contributed by atoms with E-state index in [1.807, 2.05) is 42.7 Å². The number of esters is 1. The predicted molar refractivity (Wildman–Crippen MR) is 117 cm³/mol. The first-order chi connectivity index (χ1) is 15.4. The maximum Gasteiger partial charge on any atom is 0.311 e. The van der Waals surface area contributed by atoms with Gasteiger partial charge in [-0.2, -0.15) is 0 Å². The molecule has 10 heteroatoms. The molecule has 0 unspecified atom stereocenters. The second-order valence-electron chi connectivity index (χ2n) is 7.16. The molecule has 4 rings (SSSR count). The van der Waals surface area contributed by atoms with Crippen molar-refractivity contribution in [3.8, 4) is 17.2 Å². The van der Waals surface area contributed by atoms with Gasteiger partial charge in [0.1, 0.15) is 0 Å². The lowest BCUT2D eigenvalue weighted by atomic mass is 10.2. The molecule has 0 fully saturated rings. The van der Waals surface area contributed by atoms with Crippen LogP contribution in [-0.4, -0.2) is 45.9 Å². The van der Waals surface area contributed by atoms with E-state index in [0.29, 0.717) is 17.1 Å². The van der Waals surface area contributed by atoms with Crippen LogP contribution in [0.3, 0.4) is 0 Å². The number of carbonyl (C=O) groups is 2. The third kappa shape index (κ3) is 4.40. The molecule has 3 aromatic rings. The molecule has 0 bridgehead atoms. The summed E-state index contributed by atoms with van der Waals surface area (Å²) in [6.45, 7) is 4.00. The number of aryl methyl sites for hydroxylation is 1. The minimum absolute atomic E-state index is 0.0794. The Hall–Kier alpha value is -3.53. The average molecular weight is 455 g/mol. The number of methoxy groups -OCH3 is 1. The van der Waals surface area contributed by atoms with Crippen LogP contribution in [0.25, 0.3) is 5.69 Å². The van der Waals surface area contributed by atoms with Crippen molar-refractivity contribution in [1.29, 1.82) is 0 Å². The number of nitrogens with one attached hydrogen (secondary N) is 1.